The number of carbonyl (C=O) groups is 1. The molecule has 4 rings (SSSR count). The maximum atomic E-state index is 13.1. The van der Waals surface area contributed by atoms with Gasteiger partial charge in [0, 0.05) is 48.9 Å². The van der Waals surface area contributed by atoms with Crippen LogP contribution in [0.3, 0.4) is 0 Å². The largest absolute Gasteiger partial charge is 0.354 e. The number of benzene rings is 1. The first-order valence-electron chi connectivity index (χ1n) is 9.19. The number of aromatic nitrogens is 1. The molecule has 0 saturated carbocycles. The molecule has 148 valence electrons. The standard InChI is InChI=1S/C19H22N4O3S2/c1-14-13-27-17-6-5-15(12-16(17)21-19(14)24)28(25,26)23-10-8-22(9-11-23)18-4-2-3-7-20-18/h2-7,12,14H,8-11,13H2,1H3,(H,21,24)/t14-/m0/s1. The summed E-state index contributed by atoms with van der Waals surface area (Å²) >= 11 is 1.57. The van der Waals surface area contributed by atoms with Gasteiger partial charge in [-0.3, -0.25) is 4.79 Å². The van der Waals surface area contributed by atoms with Crippen LogP contribution in [0.4, 0.5) is 11.5 Å². The highest BCUT2D eigenvalue weighted by molar-refractivity contribution is 7.99. The van der Waals surface area contributed by atoms with E-state index in [1.54, 1.807) is 36.2 Å². The summed E-state index contributed by atoms with van der Waals surface area (Å²) in [4.78, 5) is 19.6. The maximum Gasteiger partial charge on any atom is 0.243 e. The van der Waals surface area contributed by atoms with E-state index in [0.717, 1.165) is 10.7 Å². The molecule has 2 aromatic rings. The van der Waals surface area contributed by atoms with Crippen LogP contribution in [0.2, 0.25) is 0 Å². The molecule has 1 aromatic heterocycles. The van der Waals surface area contributed by atoms with Crippen molar-refractivity contribution in [3.8, 4) is 0 Å². The van der Waals surface area contributed by atoms with Crippen LogP contribution >= 0.6 is 11.8 Å². The van der Waals surface area contributed by atoms with Crippen molar-refractivity contribution in [2.24, 2.45) is 5.92 Å². The van der Waals surface area contributed by atoms with Gasteiger partial charge in [-0.25, -0.2) is 13.4 Å². The highest BCUT2D eigenvalue weighted by atomic mass is 32.2. The number of rotatable bonds is 3. The second-order valence-electron chi connectivity index (χ2n) is 6.94. The quantitative estimate of drug-likeness (QED) is 0.823. The van der Waals surface area contributed by atoms with Crippen molar-refractivity contribution in [2.45, 2.75) is 16.7 Å². The third-order valence-corrected chi connectivity index (χ3v) is 8.22. The molecule has 0 spiro atoms. The number of amides is 1. The van der Waals surface area contributed by atoms with Crippen LogP contribution in [-0.2, 0) is 14.8 Å². The van der Waals surface area contributed by atoms with Crippen molar-refractivity contribution in [2.75, 3.05) is 42.1 Å². The third kappa shape index (κ3) is 3.74. The predicted octanol–water partition coefficient (Wildman–Crippen LogP) is 2.27. The molecule has 2 aliphatic heterocycles. The number of thioether (sulfide) groups is 1. The minimum Gasteiger partial charge on any atom is -0.354 e. The number of anilines is 2. The first-order chi connectivity index (χ1) is 13.4. The lowest BCUT2D eigenvalue weighted by Gasteiger charge is -2.34. The predicted molar refractivity (Wildman–Crippen MR) is 110 cm³/mol. The number of carbonyl (C=O) groups excluding carboxylic acids is 1. The van der Waals surface area contributed by atoms with Crippen molar-refractivity contribution in [1.29, 1.82) is 0 Å². The Hall–Kier alpha value is -2.10. The summed E-state index contributed by atoms with van der Waals surface area (Å²) in [7, 11) is -3.62. The number of nitrogens with zero attached hydrogens (tertiary/aromatic N) is 3. The van der Waals surface area contributed by atoms with E-state index >= 15 is 0 Å². The highest BCUT2D eigenvalue weighted by Gasteiger charge is 2.30. The molecule has 0 aliphatic carbocycles. The van der Waals surface area contributed by atoms with E-state index in [4.69, 9.17) is 0 Å². The molecule has 0 radical (unpaired) electrons. The first-order valence-corrected chi connectivity index (χ1v) is 11.6. The summed E-state index contributed by atoms with van der Waals surface area (Å²) in [5.74, 6) is 1.35. The van der Waals surface area contributed by atoms with E-state index in [-0.39, 0.29) is 16.7 Å². The number of sulfonamides is 1. The smallest absolute Gasteiger partial charge is 0.243 e. The Kier molecular flexibility index (Phi) is 5.31. The Morgan fingerprint density at radius 2 is 1.93 bits per heavy atom. The molecule has 1 atom stereocenters. The molecule has 1 aromatic carbocycles. The van der Waals surface area contributed by atoms with E-state index in [0.29, 0.717) is 37.6 Å². The van der Waals surface area contributed by atoms with Crippen molar-refractivity contribution >= 4 is 39.2 Å². The average Bonchev–Trinajstić information content (AvgIpc) is 2.86. The number of fused-ring (bicyclic) bond motifs is 1. The Balaban J connectivity index is 1.52. The molecule has 2 aliphatic rings. The van der Waals surface area contributed by atoms with Crippen LogP contribution < -0.4 is 10.2 Å². The number of pyridine rings is 1. The minimum atomic E-state index is -3.62. The van der Waals surface area contributed by atoms with Crippen LogP contribution in [-0.4, -0.2) is 55.5 Å². The van der Waals surface area contributed by atoms with E-state index < -0.39 is 10.0 Å². The SMILES string of the molecule is C[C@H]1CSc2ccc(S(=O)(=O)N3CCN(c4ccccn4)CC3)cc2NC1=O. The Morgan fingerprint density at radius 1 is 1.14 bits per heavy atom. The van der Waals surface area contributed by atoms with Crippen molar-refractivity contribution in [3.63, 3.8) is 0 Å². The van der Waals surface area contributed by atoms with Crippen LogP contribution in [0.1, 0.15) is 6.92 Å². The molecular formula is C19H22N4O3S2. The fourth-order valence-corrected chi connectivity index (χ4v) is 5.75. The lowest BCUT2D eigenvalue weighted by molar-refractivity contribution is -0.118. The van der Waals surface area contributed by atoms with E-state index in [2.05, 4.69) is 15.2 Å². The van der Waals surface area contributed by atoms with Crippen LogP contribution in [0, 0.1) is 5.92 Å². The van der Waals surface area contributed by atoms with Gasteiger partial charge in [0.15, 0.2) is 0 Å². The number of hydrogen-bond donors (Lipinski definition) is 1. The van der Waals surface area contributed by atoms with E-state index in [1.807, 2.05) is 25.1 Å². The van der Waals surface area contributed by atoms with Gasteiger partial charge in [0.2, 0.25) is 15.9 Å². The molecule has 0 unspecified atom stereocenters. The minimum absolute atomic E-state index is 0.0789. The summed E-state index contributed by atoms with van der Waals surface area (Å²) in [5, 5.41) is 2.86. The van der Waals surface area contributed by atoms with Gasteiger partial charge in [0.05, 0.1) is 10.6 Å². The molecule has 9 heteroatoms. The lowest BCUT2D eigenvalue weighted by atomic mass is 10.2. The van der Waals surface area contributed by atoms with Gasteiger partial charge in [0.25, 0.3) is 0 Å². The zero-order chi connectivity index (χ0) is 19.7. The van der Waals surface area contributed by atoms with Gasteiger partial charge in [-0.15, -0.1) is 11.8 Å². The highest BCUT2D eigenvalue weighted by Crippen LogP contribution is 2.34. The molecule has 1 N–H and O–H groups in total. The van der Waals surface area contributed by atoms with E-state index in [1.165, 1.54) is 4.31 Å². The number of nitrogens with one attached hydrogen (secondary N) is 1. The average molecular weight is 419 g/mol. The molecule has 1 amide bonds. The zero-order valence-electron chi connectivity index (χ0n) is 15.5. The molecular weight excluding hydrogens is 396 g/mol. The van der Waals surface area contributed by atoms with Crippen molar-refractivity contribution in [1.82, 2.24) is 9.29 Å². The molecule has 28 heavy (non-hydrogen) atoms. The topological polar surface area (TPSA) is 82.6 Å². The van der Waals surface area contributed by atoms with E-state index in [9.17, 15) is 13.2 Å². The van der Waals surface area contributed by atoms with Gasteiger partial charge in [-0.2, -0.15) is 4.31 Å². The summed E-state index contributed by atoms with van der Waals surface area (Å²) in [5.41, 5.74) is 0.576. The Morgan fingerprint density at radius 3 is 2.64 bits per heavy atom. The van der Waals surface area contributed by atoms with Gasteiger partial charge in [0.1, 0.15) is 5.82 Å². The van der Waals surface area contributed by atoms with Gasteiger partial charge in [-0.05, 0) is 30.3 Å². The molecule has 1 saturated heterocycles. The number of hydrogen-bond acceptors (Lipinski definition) is 6. The monoisotopic (exact) mass is 418 g/mol. The summed E-state index contributed by atoms with van der Waals surface area (Å²) < 4.78 is 27.7. The van der Waals surface area contributed by atoms with Crippen LogP contribution in [0.5, 0.6) is 0 Å². The normalized spacial score (nSPS) is 21.0. The maximum absolute atomic E-state index is 13.1. The molecule has 0 bridgehead atoms. The molecule has 7 nitrogen and oxygen atoms in total. The summed E-state index contributed by atoms with van der Waals surface area (Å²) in [6.45, 7) is 3.84. The fourth-order valence-electron chi connectivity index (χ4n) is 3.29. The lowest BCUT2D eigenvalue weighted by Crippen LogP contribution is -2.48. The third-order valence-electron chi connectivity index (χ3n) is 5.00. The van der Waals surface area contributed by atoms with Crippen molar-refractivity contribution < 1.29 is 13.2 Å². The van der Waals surface area contributed by atoms with Gasteiger partial charge in [-0.1, -0.05) is 13.0 Å². The van der Waals surface area contributed by atoms with Gasteiger partial charge >= 0.3 is 0 Å². The molecule has 1 fully saturated rings. The van der Waals surface area contributed by atoms with Crippen LogP contribution in [0.15, 0.2) is 52.4 Å². The fraction of sp³-hybridized carbons (Fsp3) is 0.368. The van der Waals surface area contributed by atoms with Gasteiger partial charge < -0.3 is 10.2 Å². The second-order valence-corrected chi connectivity index (χ2v) is 9.94. The van der Waals surface area contributed by atoms with Crippen molar-refractivity contribution in [3.05, 3.63) is 42.6 Å². The Bertz CT molecular complexity index is 974. The molecule has 3 heterocycles. The first kappa shape index (κ1) is 19.2. The summed E-state index contributed by atoms with van der Waals surface area (Å²) in [6.07, 6.45) is 1.74. The summed E-state index contributed by atoms with van der Waals surface area (Å²) in [6, 6.07) is 10.7. The Labute approximate surface area is 169 Å². The second kappa shape index (κ2) is 7.73. The zero-order valence-corrected chi connectivity index (χ0v) is 17.2. The van der Waals surface area contributed by atoms with Crippen LogP contribution in [0.25, 0.3) is 0 Å². The number of piperazine rings is 1.